The van der Waals surface area contributed by atoms with Crippen LogP contribution in [-0.2, 0) is 11.2 Å². The second kappa shape index (κ2) is 5.59. The van der Waals surface area contributed by atoms with E-state index in [1.54, 1.807) is 17.5 Å². The van der Waals surface area contributed by atoms with E-state index in [1.165, 1.54) is 0 Å². The number of carboxylic acids is 1. The van der Waals surface area contributed by atoms with Crippen molar-refractivity contribution in [1.82, 2.24) is 4.98 Å². The lowest BCUT2D eigenvalue weighted by Crippen LogP contribution is -2.12. The van der Waals surface area contributed by atoms with E-state index in [-0.39, 0.29) is 0 Å². The Hall–Kier alpha value is -1.68. The van der Waals surface area contributed by atoms with Gasteiger partial charge in [0.2, 0.25) is 0 Å². The number of hydrogen-bond acceptors (Lipinski definition) is 3. The summed E-state index contributed by atoms with van der Waals surface area (Å²) >= 11 is 1.57. The van der Waals surface area contributed by atoms with Crippen LogP contribution in [0.25, 0.3) is 0 Å². The molecule has 2 aromatic rings. The van der Waals surface area contributed by atoms with Crippen LogP contribution in [-0.4, -0.2) is 16.1 Å². The summed E-state index contributed by atoms with van der Waals surface area (Å²) in [6, 6.07) is 9.36. The van der Waals surface area contributed by atoms with Gasteiger partial charge in [0.25, 0.3) is 0 Å². The number of aryl methyl sites for hydroxylation is 1. The van der Waals surface area contributed by atoms with Crippen molar-refractivity contribution in [2.24, 2.45) is 0 Å². The number of aromatic nitrogens is 1. The van der Waals surface area contributed by atoms with Crippen molar-refractivity contribution in [3.05, 3.63) is 52.5 Å². The SMILES string of the molecule is O=C(O)C(CCc1nccs1)c1ccccc1. The molecule has 0 aliphatic heterocycles. The van der Waals surface area contributed by atoms with Gasteiger partial charge < -0.3 is 5.11 Å². The molecule has 1 heterocycles. The van der Waals surface area contributed by atoms with E-state index in [9.17, 15) is 9.90 Å². The number of hydrogen-bond donors (Lipinski definition) is 1. The van der Waals surface area contributed by atoms with Gasteiger partial charge in [-0.15, -0.1) is 11.3 Å². The summed E-state index contributed by atoms with van der Waals surface area (Å²) in [5.74, 6) is -1.21. The summed E-state index contributed by atoms with van der Waals surface area (Å²) in [7, 11) is 0. The molecule has 88 valence electrons. The predicted molar refractivity (Wildman–Crippen MR) is 67.3 cm³/mol. The maximum Gasteiger partial charge on any atom is 0.310 e. The molecule has 1 unspecified atom stereocenters. The first kappa shape index (κ1) is 11.8. The van der Waals surface area contributed by atoms with Crippen LogP contribution in [0.1, 0.15) is 22.9 Å². The van der Waals surface area contributed by atoms with Gasteiger partial charge in [0, 0.05) is 18.0 Å². The minimum atomic E-state index is -0.771. The molecular formula is C13H13NO2S. The lowest BCUT2D eigenvalue weighted by atomic mass is 9.94. The molecular weight excluding hydrogens is 234 g/mol. The standard InChI is InChI=1S/C13H13NO2S/c15-13(16)11(10-4-2-1-3-5-10)6-7-12-14-8-9-17-12/h1-5,8-9,11H,6-7H2,(H,15,16). The zero-order valence-corrected chi connectivity index (χ0v) is 10.1. The Morgan fingerprint density at radius 1 is 1.35 bits per heavy atom. The second-order valence-electron chi connectivity index (χ2n) is 3.77. The van der Waals surface area contributed by atoms with Gasteiger partial charge in [0.1, 0.15) is 0 Å². The molecule has 17 heavy (non-hydrogen) atoms. The number of carboxylic acid groups (broad SMARTS) is 1. The average Bonchev–Trinajstić information content (AvgIpc) is 2.83. The second-order valence-corrected chi connectivity index (χ2v) is 4.75. The van der Waals surface area contributed by atoms with Crippen LogP contribution in [0.4, 0.5) is 0 Å². The van der Waals surface area contributed by atoms with E-state index in [0.29, 0.717) is 12.8 Å². The quantitative estimate of drug-likeness (QED) is 0.883. The first-order chi connectivity index (χ1) is 8.27. The van der Waals surface area contributed by atoms with Gasteiger partial charge in [0.05, 0.1) is 10.9 Å². The van der Waals surface area contributed by atoms with Crippen molar-refractivity contribution in [2.45, 2.75) is 18.8 Å². The highest BCUT2D eigenvalue weighted by molar-refractivity contribution is 7.09. The number of nitrogens with zero attached hydrogens (tertiary/aromatic N) is 1. The maximum atomic E-state index is 11.2. The zero-order valence-electron chi connectivity index (χ0n) is 9.24. The minimum absolute atomic E-state index is 0.444. The molecule has 0 aliphatic carbocycles. The molecule has 4 heteroatoms. The van der Waals surface area contributed by atoms with Gasteiger partial charge in [-0.25, -0.2) is 4.98 Å². The molecule has 0 amide bonds. The van der Waals surface area contributed by atoms with E-state index < -0.39 is 11.9 Å². The summed E-state index contributed by atoms with van der Waals surface area (Å²) < 4.78 is 0. The highest BCUT2D eigenvalue weighted by atomic mass is 32.1. The van der Waals surface area contributed by atoms with E-state index >= 15 is 0 Å². The summed E-state index contributed by atoms with van der Waals surface area (Å²) in [6.45, 7) is 0. The predicted octanol–water partition coefficient (Wildman–Crippen LogP) is 2.94. The highest BCUT2D eigenvalue weighted by Crippen LogP contribution is 2.22. The van der Waals surface area contributed by atoms with Gasteiger partial charge in [-0.1, -0.05) is 30.3 Å². The topological polar surface area (TPSA) is 50.2 Å². The summed E-state index contributed by atoms with van der Waals surface area (Å²) in [5.41, 5.74) is 0.858. The normalized spacial score (nSPS) is 12.2. The molecule has 0 radical (unpaired) electrons. The Morgan fingerprint density at radius 2 is 2.12 bits per heavy atom. The van der Waals surface area contributed by atoms with Crippen LogP contribution in [0.3, 0.4) is 0 Å². The van der Waals surface area contributed by atoms with Gasteiger partial charge in [-0.3, -0.25) is 4.79 Å². The molecule has 0 saturated heterocycles. The number of aliphatic carboxylic acids is 1. The van der Waals surface area contributed by atoms with Crippen LogP contribution in [0.2, 0.25) is 0 Å². The lowest BCUT2D eigenvalue weighted by Gasteiger charge is -2.11. The third-order valence-electron chi connectivity index (χ3n) is 2.63. The van der Waals surface area contributed by atoms with Crippen LogP contribution < -0.4 is 0 Å². The van der Waals surface area contributed by atoms with Crippen molar-refractivity contribution in [1.29, 1.82) is 0 Å². The van der Waals surface area contributed by atoms with E-state index in [2.05, 4.69) is 4.98 Å². The first-order valence-corrected chi connectivity index (χ1v) is 6.31. The van der Waals surface area contributed by atoms with Crippen molar-refractivity contribution >= 4 is 17.3 Å². The van der Waals surface area contributed by atoms with Crippen LogP contribution >= 0.6 is 11.3 Å². The van der Waals surface area contributed by atoms with Gasteiger partial charge in [0.15, 0.2) is 0 Å². The number of carbonyl (C=O) groups is 1. The monoisotopic (exact) mass is 247 g/mol. The first-order valence-electron chi connectivity index (χ1n) is 5.43. The summed E-state index contributed by atoms with van der Waals surface area (Å²) in [5, 5.41) is 12.1. The number of thiazole rings is 1. The fourth-order valence-corrected chi connectivity index (χ4v) is 2.40. The maximum absolute atomic E-state index is 11.2. The Kier molecular flexibility index (Phi) is 3.88. The molecule has 1 aromatic heterocycles. The van der Waals surface area contributed by atoms with Gasteiger partial charge in [-0.2, -0.15) is 0 Å². The van der Waals surface area contributed by atoms with E-state index in [0.717, 1.165) is 10.6 Å². The fraction of sp³-hybridized carbons (Fsp3) is 0.231. The third kappa shape index (κ3) is 3.14. The molecule has 0 aliphatic rings. The number of rotatable bonds is 5. The zero-order chi connectivity index (χ0) is 12.1. The average molecular weight is 247 g/mol. The van der Waals surface area contributed by atoms with Crippen molar-refractivity contribution in [3.8, 4) is 0 Å². The Balaban J connectivity index is 2.06. The van der Waals surface area contributed by atoms with Crippen molar-refractivity contribution < 1.29 is 9.90 Å². The number of benzene rings is 1. The van der Waals surface area contributed by atoms with Crippen molar-refractivity contribution in [2.75, 3.05) is 0 Å². The van der Waals surface area contributed by atoms with Crippen LogP contribution in [0.5, 0.6) is 0 Å². The molecule has 1 atom stereocenters. The molecule has 0 saturated carbocycles. The van der Waals surface area contributed by atoms with Crippen LogP contribution in [0.15, 0.2) is 41.9 Å². The fourth-order valence-electron chi connectivity index (χ4n) is 1.76. The summed E-state index contributed by atoms with van der Waals surface area (Å²) in [6.07, 6.45) is 3.05. The van der Waals surface area contributed by atoms with E-state index in [1.807, 2.05) is 35.7 Å². The third-order valence-corrected chi connectivity index (χ3v) is 3.47. The molecule has 1 aromatic carbocycles. The Bertz CT molecular complexity index is 467. The lowest BCUT2D eigenvalue weighted by molar-refractivity contribution is -0.138. The van der Waals surface area contributed by atoms with Gasteiger partial charge >= 0.3 is 5.97 Å². The molecule has 3 nitrogen and oxygen atoms in total. The minimum Gasteiger partial charge on any atom is -0.481 e. The molecule has 2 rings (SSSR count). The van der Waals surface area contributed by atoms with Gasteiger partial charge in [-0.05, 0) is 12.0 Å². The van der Waals surface area contributed by atoms with Crippen LogP contribution in [0, 0.1) is 0 Å². The molecule has 0 bridgehead atoms. The van der Waals surface area contributed by atoms with Crippen molar-refractivity contribution in [3.63, 3.8) is 0 Å². The smallest absolute Gasteiger partial charge is 0.310 e. The Morgan fingerprint density at radius 3 is 2.71 bits per heavy atom. The van der Waals surface area contributed by atoms with E-state index in [4.69, 9.17) is 0 Å². The molecule has 0 fully saturated rings. The Labute approximate surface area is 104 Å². The highest BCUT2D eigenvalue weighted by Gasteiger charge is 2.19. The summed E-state index contributed by atoms with van der Waals surface area (Å²) in [4.78, 5) is 15.4. The largest absolute Gasteiger partial charge is 0.481 e. The molecule has 1 N–H and O–H groups in total. The molecule has 0 spiro atoms.